The summed E-state index contributed by atoms with van der Waals surface area (Å²) in [6, 6.07) is 0. The molecule has 0 rings (SSSR count). The molecule has 0 heterocycles. The molecule has 1 atom stereocenters. The molecule has 0 saturated carbocycles. The van der Waals surface area contributed by atoms with Gasteiger partial charge in [-0.15, -0.1) is 0 Å². The van der Waals surface area contributed by atoms with E-state index in [0.717, 1.165) is 89.9 Å². The Balaban J connectivity index is 4.23. The zero-order valence-electron chi connectivity index (χ0n) is 39.0. The number of unbranched alkanes of at least 4 members (excludes halogenated alkanes) is 26. The minimum atomic E-state index is -0.777. The second kappa shape index (κ2) is 48.0. The maximum Gasteiger partial charge on any atom is 0.306 e. The summed E-state index contributed by atoms with van der Waals surface area (Å²) >= 11 is 0. The lowest BCUT2D eigenvalue weighted by atomic mass is 10.1. The summed E-state index contributed by atoms with van der Waals surface area (Å²) < 4.78 is 16.7. The molecule has 6 heteroatoms. The molecule has 0 aromatic heterocycles. The molecule has 0 saturated heterocycles. The van der Waals surface area contributed by atoms with Crippen LogP contribution in [0, 0.1) is 0 Å². The van der Waals surface area contributed by atoms with Crippen molar-refractivity contribution in [2.75, 3.05) is 13.2 Å². The van der Waals surface area contributed by atoms with Crippen molar-refractivity contribution >= 4 is 17.9 Å². The molecule has 0 radical (unpaired) electrons. The third kappa shape index (κ3) is 46.3. The van der Waals surface area contributed by atoms with Crippen molar-refractivity contribution in [2.45, 2.75) is 258 Å². The number of rotatable bonds is 45. The zero-order valence-corrected chi connectivity index (χ0v) is 39.0. The molecule has 0 aliphatic heterocycles. The molecule has 1 unspecified atom stereocenters. The van der Waals surface area contributed by atoms with Gasteiger partial charge in [-0.1, -0.05) is 198 Å². The van der Waals surface area contributed by atoms with Crippen molar-refractivity contribution in [3.05, 3.63) is 48.6 Å². The van der Waals surface area contributed by atoms with Gasteiger partial charge in [-0.25, -0.2) is 0 Å². The maximum absolute atomic E-state index is 12.7. The van der Waals surface area contributed by atoms with Gasteiger partial charge < -0.3 is 14.2 Å². The Morgan fingerprint density at radius 1 is 0.339 bits per heavy atom. The highest BCUT2D eigenvalue weighted by molar-refractivity contribution is 5.71. The van der Waals surface area contributed by atoms with Gasteiger partial charge >= 0.3 is 17.9 Å². The first kappa shape index (κ1) is 56.4. The van der Waals surface area contributed by atoms with Crippen LogP contribution in [-0.4, -0.2) is 37.2 Å². The van der Waals surface area contributed by atoms with E-state index in [1.54, 1.807) is 0 Å². The Hall–Kier alpha value is -2.63. The molecule has 0 N–H and O–H groups in total. The third-order valence-corrected chi connectivity index (χ3v) is 10.8. The highest BCUT2D eigenvalue weighted by Gasteiger charge is 2.19. The molecule has 59 heavy (non-hydrogen) atoms. The number of hydrogen-bond donors (Lipinski definition) is 0. The summed E-state index contributed by atoms with van der Waals surface area (Å²) in [5.41, 5.74) is 0. The van der Waals surface area contributed by atoms with Gasteiger partial charge in [0.1, 0.15) is 13.2 Å². The van der Waals surface area contributed by atoms with Crippen molar-refractivity contribution < 1.29 is 28.6 Å². The van der Waals surface area contributed by atoms with Gasteiger partial charge in [-0.05, 0) is 83.5 Å². The highest BCUT2D eigenvalue weighted by Crippen LogP contribution is 2.14. The summed E-state index contributed by atoms with van der Waals surface area (Å²) in [4.78, 5) is 37.7. The van der Waals surface area contributed by atoms with Gasteiger partial charge in [-0.3, -0.25) is 14.4 Å². The molecule has 0 bridgehead atoms. The summed E-state index contributed by atoms with van der Waals surface area (Å²) in [6.07, 6.45) is 56.9. The summed E-state index contributed by atoms with van der Waals surface area (Å²) in [5.74, 6) is -0.908. The summed E-state index contributed by atoms with van der Waals surface area (Å²) in [6.45, 7) is 6.54. The summed E-state index contributed by atoms with van der Waals surface area (Å²) in [5, 5.41) is 0. The third-order valence-electron chi connectivity index (χ3n) is 10.8. The molecule has 342 valence electrons. The van der Waals surface area contributed by atoms with Gasteiger partial charge in [0.05, 0.1) is 0 Å². The van der Waals surface area contributed by atoms with Crippen molar-refractivity contribution in [2.24, 2.45) is 0 Å². The van der Waals surface area contributed by atoms with E-state index in [-0.39, 0.29) is 31.1 Å². The van der Waals surface area contributed by atoms with Gasteiger partial charge in [0.25, 0.3) is 0 Å². The van der Waals surface area contributed by atoms with Crippen LogP contribution in [0.1, 0.15) is 252 Å². The number of carbonyl (C=O) groups is 3. The number of carbonyl (C=O) groups excluding carboxylic acids is 3. The van der Waals surface area contributed by atoms with Crippen LogP contribution in [0.4, 0.5) is 0 Å². The molecule has 0 spiro atoms. The van der Waals surface area contributed by atoms with E-state index < -0.39 is 6.10 Å². The Labute approximate surface area is 365 Å². The Morgan fingerprint density at radius 3 is 0.966 bits per heavy atom. The minimum absolute atomic E-state index is 0.0806. The van der Waals surface area contributed by atoms with E-state index in [1.165, 1.54) is 122 Å². The molecule has 0 fully saturated rings. The monoisotopic (exact) mass is 827 g/mol. The van der Waals surface area contributed by atoms with E-state index in [9.17, 15) is 14.4 Å². The lowest BCUT2D eigenvalue weighted by Crippen LogP contribution is -2.30. The summed E-state index contributed by atoms with van der Waals surface area (Å²) in [7, 11) is 0. The Kier molecular flexibility index (Phi) is 45.9. The first-order chi connectivity index (χ1) is 29.0. The average Bonchev–Trinajstić information content (AvgIpc) is 3.23. The SMILES string of the molecule is CCCCCCC/C=C\C/C=C\C/C=C\CCCCCCCCC(=O)OCC(COC(=O)CCCCCCCC)OC(=O)CCCCCCC/C=C\CCCCCCC. The van der Waals surface area contributed by atoms with Gasteiger partial charge in [0, 0.05) is 19.3 Å². The molecule has 0 aromatic rings. The highest BCUT2D eigenvalue weighted by atomic mass is 16.6. The fourth-order valence-corrected chi connectivity index (χ4v) is 6.97. The minimum Gasteiger partial charge on any atom is -0.462 e. The van der Waals surface area contributed by atoms with Crippen LogP contribution < -0.4 is 0 Å². The van der Waals surface area contributed by atoms with Crippen LogP contribution in [-0.2, 0) is 28.6 Å². The van der Waals surface area contributed by atoms with Crippen LogP contribution >= 0.6 is 0 Å². The smallest absolute Gasteiger partial charge is 0.306 e. The van der Waals surface area contributed by atoms with E-state index >= 15 is 0 Å². The van der Waals surface area contributed by atoms with Crippen molar-refractivity contribution in [1.82, 2.24) is 0 Å². The van der Waals surface area contributed by atoms with Gasteiger partial charge in [0.2, 0.25) is 0 Å². The van der Waals surface area contributed by atoms with Crippen LogP contribution in [0.3, 0.4) is 0 Å². The first-order valence-corrected chi connectivity index (χ1v) is 25.1. The Morgan fingerprint density at radius 2 is 0.610 bits per heavy atom. The van der Waals surface area contributed by atoms with Crippen LogP contribution in [0.25, 0.3) is 0 Å². The molecule has 6 nitrogen and oxygen atoms in total. The second-order valence-corrected chi connectivity index (χ2v) is 16.7. The van der Waals surface area contributed by atoms with Crippen molar-refractivity contribution in [1.29, 1.82) is 0 Å². The van der Waals surface area contributed by atoms with Crippen LogP contribution in [0.5, 0.6) is 0 Å². The Bertz CT molecular complexity index is 1040. The second-order valence-electron chi connectivity index (χ2n) is 16.7. The fraction of sp³-hybridized carbons (Fsp3) is 0.792. The van der Waals surface area contributed by atoms with Gasteiger partial charge in [-0.2, -0.15) is 0 Å². The molecule has 0 aliphatic carbocycles. The number of ether oxygens (including phenoxy) is 3. The van der Waals surface area contributed by atoms with E-state index in [4.69, 9.17) is 14.2 Å². The fourth-order valence-electron chi connectivity index (χ4n) is 6.97. The van der Waals surface area contributed by atoms with Crippen LogP contribution in [0.15, 0.2) is 48.6 Å². The normalized spacial score (nSPS) is 12.4. The number of hydrogen-bond acceptors (Lipinski definition) is 6. The average molecular weight is 827 g/mol. The lowest BCUT2D eigenvalue weighted by molar-refractivity contribution is -0.167. The van der Waals surface area contributed by atoms with E-state index in [1.807, 2.05) is 0 Å². The molecule has 0 aromatic carbocycles. The van der Waals surface area contributed by atoms with Crippen LogP contribution in [0.2, 0.25) is 0 Å². The quantitative estimate of drug-likeness (QED) is 0.0263. The van der Waals surface area contributed by atoms with Crippen molar-refractivity contribution in [3.63, 3.8) is 0 Å². The maximum atomic E-state index is 12.7. The molecular weight excluding hydrogens is 733 g/mol. The van der Waals surface area contributed by atoms with Gasteiger partial charge in [0.15, 0.2) is 6.10 Å². The largest absolute Gasteiger partial charge is 0.462 e. The van der Waals surface area contributed by atoms with E-state index in [2.05, 4.69) is 69.4 Å². The van der Waals surface area contributed by atoms with Crippen molar-refractivity contribution in [3.8, 4) is 0 Å². The standard InChI is InChI=1S/C53H94O6/c1-4-7-10-13-16-18-20-22-24-25-26-27-28-29-30-32-33-35-37-40-43-46-52(55)58-49-50(48-57-51(54)45-42-39-15-12-9-6-3)59-53(56)47-44-41-38-36-34-31-23-21-19-17-14-11-8-5-2/h20-23,25-26,28-29,50H,4-19,24,27,30-49H2,1-3H3/b22-20-,23-21-,26-25-,29-28-. The molecule has 0 aliphatic rings. The van der Waals surface area contributed by atoms with E-state index in [0.29, 0.717) is 19.3 Å². The zero-order chi connectivity index (χ0) is 43.0. The topological polar surface area (TPSA) is 78.9 Å². The predicted molar refractivity (Wildman–Crippen MR) is 252 cm³/mol. The molecule has 0 amide bonds. The molecular formula is C53H94O6. The predicted octanol–water partition coefficient (Wildman–Crippen LogP) is 16.3. The lowest BCUT2D eigenvalue weighted by Gasteiger charge is -2.18. The number of allylic oxidation sites excluding steroid dienone is 8. The first-order valence-electron chi connectivity index (χ1n) is 25.1. The number of esters is 3.